The predicted octanol–water partition coefficient (Wildman–Crippen LogP) is 2.44. The fraction of sp³-hybridized carbons (Fsp3) is 0.312. The molecule has 1 atom stereocenters. The monoisotopic (exact) mass is 255 g/mol. The van der Waals surface area contributed by atoms with Crippen molar-refractivity contribution < 1.29 is 9.90 Å². The molecule has 1 saturated heterocycles. The van der Waals surface area contributed by atoms with E-state index in [2.05, 4.69) is 0 Å². The van der Waals surface area contributed by atoms with E-state index in [-0.39, 0.29) is 18.6 Å². The van der Waals surface area contributed by atoms with Crippen LogP contribution in [-0.2, 0) is 0 Å². The average Bonchev–Trinajstić information content (AvgIpc) is 2.94. The Kier molecular flexibility index (Phi) is 3.22. The quantitative estimate of drug-likeness (QED) is 0.895. The molecule has 0 bridgehead atoms. The lowest BCUT2D eigenvalue weighted by Gasteiger charge is -2.23. The van der Waals surface area contributed by atoms with Crippen LogP contribution in [0.2, 0.25) is 0 Å². The summed E-state index contributed by atoms with van der Waals surface area (Å²) in [7, 11) is 0. The summed E-state index contributed by atoms with van der Waals surface area (Å²) in [6.45, 7) is 0.795. The van der Waals surface area contributed by atoms with Crippen LogP contribution in [0.15, 0.2) is 42.5 Å². The van der Waals surface area contributed by atoms with Crippen molar-refractivity contribution in [3.8, 4) is 0 Å². The van der Waals surface area contributed by atoms with Crippen molar-refractivity contribution in [2.45, 2.75) is 18.9 Å². The molecule has 19 heavy (non-hydrogen) atoms. The van der Waals surface area contributed by atoms with Gasteiger partial charge in [0.05, 0.1) is 12.6 Å². The zero-order valence-corrected chi connectivity index (χ0v) is 10.7. The van der Waals surface area contributed by atoms with Gasteiger partial charge < -0.3 is 10.0 Å². The molecule has 1 aliphatic heterocycles. The summed E-state index contributed by atoms with van der Waals surface area (Å²) in [6, 6.07) is 13.7. The Labute approximate surface area is 112 Å². The Hall–Kier alpha value is -1.87. The van der Waals surface area contributed by atoms with E-state index in [1.54, 1.807) is 0 Å². The Balaban J connectivity index is 2.02. The summed E-state index contributed by atoms with van der Waals surface area (Å²) >= 11 is 0. The van der Waals surface area contributed by atoms with Gasteiger partial charge in [0.2, 0.25) is 0 Å². The number of aliphatic hydroxyl groups excluding tert-OH is 1. The van der Waals surface area contributed by atoms with Crippen LogP contribution in [0.25, 0.3) is 10.8 Å². The summed E-state index contributed by atoms with van der Waals surface area (Å²) in [6.07, 6.45) is 1.87. The van der Waals surface area contributed by atoms with Crippen LogP contribution in [0.3, 0.4) is 0 Å². The molecule has 0 aliphatic carbocycles. The van der Waals surface area contributed by atoms with Gasteiger partial charge in [0.15, 0.2) is 0 Å². The standard InChI is InChI=1S/C16H17NO2/c18-11-13-7-4-10-17(13)16(19)15-9-3-6-12-5-1-2-8-14(12)15/h1-3,5-6,8-9,13,18H,4,7,10-11H2/t13-/m1/s1. The largest absolute Gasteiger partial charge is 0.394 e. The van der Waals surface area contributed by atoms with Gasteiger partial charge in [-0.3, -0.25) is 4.79 Å². The number of benzene rings is 2. The van der Waals surface area contributed by atoms with E-state index in [0.29, 0.717) is 0 Å². The third-order valence-corrected chi connectivity index (χ3v) is 3.87. The second-order valence-electron chi connectivity index (χ2n) is 5.00. The average molecular weight is 255 g/mol. The molecule has 0 radical (unpaired) electrons. The molecule has 3 rings (SSSR count). The molecule has 0 aromatic heterocycles. The maximum absolute atomic E-state index is 12.6. The molecule has 2 aromatic rings. The molecular weight excluding hydrogens is 238 g/mol. The third-order valence-electron chi connectivity index (χ3n) is 3.87. The smallest absolute Gasteiger partial charge is 0.254 e. The minimum absolute atomic E-state index is 0.0218. The highest BCUT2D eigenvalue weighted by Crippen LogP contribution is 2.24. The van der Waals surface area contributed by atoms with E-state index in [1.165, 1.54) is 0 Å². The number of hydrogen-bond acceptors (Lipinski definition) is 2. The second kappa shape index (κ2) is 5.02. The molecule has 1 heterocycles. The zero-order chi connectivity index (χ0) is 13.2. The van der Waals surface area contributed by atoms with Crippen LogP contribution in [0.4, 0.5) is 0 Å². The van der Waals surface area contributed by atoms with Crippen molar-refractivity contribution in [1.29, 1.82) is 0 Å². The first-order valence-electron chi connectivity index (χ1n) is 6.71. The first-order valence-corrected chi connectivity index (χ1v) is 6.71. The fourth-order valence-electron chi connectivity index (χ4n) is 2.86. The molecule has 1 N–H and O–H groups in total. The van der Waals surface area contributed by atoms with Gasteiger partial charge in [-0.05, 0) is 29.7 Å². The number of fused-ring (bicyclic) bond motifs is 1. The number of carbonyl (C=O) groups is 1. The first kappa shape index (κ1) is 12.2. The van der Waals surface area contributed by atoms with Gasteiger partial charge in [0.25, 0.3) is 5.91 Å². The molecular formula is C16H17NO2. The van der Waals surface area contributed by atoms with E-state index < -0.39 is 0 Å². The molecule has 1 aliphatic rings. The van der Waals surface area contributed by atoms with Crippen LogP contribution >= 0.6 is 0 Å². The van der Waals surface area contributed by atoms with E-state index >= 15 is 0 Å². The Bertz CT molecular complexity index is 603. The summed E-state index contributed by atoms with van der Waals surface area (Å²) in [5.41, 5.74) is 0.735. The minimum atomic E-state index is -0.0218. The maximum atomic E-state index is 12.6. The summed E-state index contributed by atoms with van der Waals surface area (Å²) in [5.74, 6) is 0.0355. The van der Waals surface area contributed by atoms with Crippen molar-refractivity contribution in [2.75, 3.05) is 13.2 Å². The number of aliphatic hydroxyl groups is 1. The number of amides is 1. The Morgan fingerprint density at radius 1 is 1.21 bits per heavy atom. The Morgan fingerprint density at radius 3 is 2.84 bits per heavy atom. The summed E-state index contributed by atoms with van der Waals surface area (Å²) in [4.78, 5) is 14.5. The van der Waals surface area contributed by atoms with Crippen molar-refractivity contribution in [3.05, 3.63) is 48.0 Å². The lowest BCUT2D eigenvalue weighted by molar-refractivity contribution is 0.0679. The lowest BCUT2D eigenvalue weighted by Crippen LogP contribution is -2.37. The highest BCUT2D eigenvalue weighted by atomic mass is 16.3. The van der Waals surface area contributed by atoms with Crippen molar-refractivity contribution in [1.82, 2.24) is 4.90 Å². The topological polar surface area (TPSA) is 40.5 Å². The highest BCUT2D eigenvalue weighted by Gasteiger charge is 2.29. The number of rotatable bonds is 2. The van der Waals surface area contributed by atoms with Crippen LogP contribution in [0, 0.1) is 0 Å². The summed E-state index contributed by atoms with van der Waals surface area (Å²) in [5, 5.41) is 11.4. The van der Waals surface area contributed by atoms with E-state index in [1.807, 2.05) is 47.4 Å². The SMILES string of the molecule is O=C(c1cccc2ccccc12)N1CCC[C@@H]1CO. The van der Waals surface area contributed by atoms with Crippen molar-refractivity contribution >= 4 is 16.7 Å². The van der Waals surface area contributed by atoms with Gasteiger partial charge >= 0.3 is 0 Å². The lowest BCUT2D eigenvalue weighted by atomic mass is 10.0. The molecule has 1 amide bonds. The predicted molar refractivity (Wildman–Crippen MR) is 75.1 cm³/mol. The summed E-state index contributed by atoms with van der Waals surface area (Å²) < 4.78 is 0. The van der Waals surface area contributed by atoms with Gasteiger partial charge in [-0.1, -0.05) is 36.4 Å². The maximum Gasteiger partial charge on any atom is 0.254 e. The van der Waals surface area contributed by atoms with Crippen molar-refractivity contribution in [3.63, 3.8) is 0 Å². The van der Waals surface area contributed by atoms with Crippen LogP contribution in [-0.4, -0.2) is 35.1 Å². The molecule has 2 aromatic carbocycles. The van der Waals surface area contributed by atoms with Crippen molar-refractivity contribution in [2.24, 2.45) is 0 Å². The second-order valence-corrected chi connectivity index (χ2v) is 5.00. The number of carbonyl (C=O) groups excluding carboxylic acids is 1. The van der Waals surface area contributed by atoms with Crippen LogP contribution in [0.5, 0.6) is 0 Å². The van der Waals surface area contributed by atoms with Gasteiger partial charge in [0.1, 0.15) is 0 Å². The van der Waals surface area contributed by atoms with Gasteiger partial charge in [0, 0.05) is 12.1 Å². The van der Waals surface area contributed by atoms with E-state index in [0.717, 1.165) is 35.7 Å². The fourth-order valence-corrected chi connectivity index (χ4v) is 2.86. The highest BCUT2D eigenvalue weighted by molar-refractivity contribution is 6.07. The normalized spacial score (nSPS) is 19.0. The first-order chi connectivity index (χ1) is 9.31. The Morgan fingerprint density at radius 2 is 2.00 bits per heavy atom. The molecule has 0 unspecified atom stereocenters. The number of nitrogens with zero attached hydrogens (tertiary/aromatic N) is 1. The molecule has 0 spiro atoms. The van der Waals surface area contributed by atoms with Gasteiger partial charge in [-0.25, -0.2) is 0 Å². The number of likely N-dealkylation sites (tertiary alicyclic amines) is 1. The molecule has 98 valence electrons. The van der Waals surface area contributed by atoms with Crippen LogP contribution < -0.4 is 0 Å². The molecule has 0 saturated carbocycles. The zero-order valence-electron chi connectivity index (χ0n) is 10.7. The van der Waals surface area contributed by atoms with Gasteiger partial charge in [-0.15, -0.1) is 0 Å². The minimum Gasteiger partial charge on any atom is -0.394 e. The number of hydrogen-bond donors (Lipinski definition) is 1. The third kappa shape index (κ3) is 2.10. The van der Waals surface area contributed by atoms with Gasteiger partial charge in [-0.2, -0.15) is 0 Å². The van der Waals surface area contributed by atoms with E-state index in [9.17, 15) is 9.90 Å². The molecule has 3 nitrogen and oxygen atoms in total. The molecule has 1 fully saturated rings. The van der Waals surface area contributed by atoms with Crippen LogP contribution in [0.1, 0.15) is 23.2 Å². The molecule has 3 heteroatoms. The van der Waals surface area contributed by atoms with E-state index in [4.69, 9.17) is 0 Å².